The van der Waals surface area contributed by atoms with Crippen molar-refractivity contribution in [3.63, 3.8) is 0 Å². The summed E-state index contributed by atoms with van der Waals surface area (Å²) in [7, 11) is 0. The highest BCUT2D eigenvalue weighted by atomic mass is 16.1. The molecule has 164 valence electrons. The summed E-state index contributed by atoms with van der Waals surface area (Å²) in [6.07, 6.45) is 8.59. The number of amides is 1. The van der Waals surface area contributed by atoms with Crippen LogP contribution in [0.4, 0.5) is 0 Å². The lowest BCUT2D eigenvalue weighted by molar-refractivity contribution is 0.0977. The summed E-state index contributed by atoms with van der Waals surface area (Å²) in [6, 6.07) is 7.49. The van der Waals surface area contributed by atoms with Crippen molar-refractivity contribution in [1.82, 2.24) is 5.32 Å². The Hall–Kier alpha value is -2.42. The van der Waals surface area contributed by atoms with Crippen LogP contribution in [0.1, 0.15) is 83.7 Å². The van der Waals surface area contributed by atoms with E-state index in [0.29, 0.717) is 17.9 Å². The van der Waals surface area contributed by atoms with E-state index in [1.807, 2.05) is 91.8 Å². The minimum Gasteiger partial charge on any atom is -0.311 e. The maximum absolute atomic E-state index is 12.0. The molecule has 1 amide bonds. The fourth-order valence-corrected chi connectivity index (χ4v) is 2.07. The molecule has 0 spiro atoms. The van der Waals surface area contributed by atoms with Gasteiger partial charge in [-0.05, 0) is 50.8 Å². The van der Waals surface area contributed by atoms with Crippen LogP contribution in [0.25, 0.3) is 0 Å². The number of allylic oxidation sites excluding steroid dienone is 4. The topological polar surface area (TPSA) is 41.5 Å². The number of amidine groups is 1. The Kier molecular flexibility index (Phi) is 25.5. The van der Waals surface area contributed by atoms with E-state index in [1.54, 1.807) is 6.08 Å². The predicted octanol–water partition coefficient (Wildman–Crippen LogP) is 7.69. The number of carbonyl (C=O) groups excluding carboxylic acids is 1. The number of nitrogens with zero attached hydrogens (tertiary/aromatic N) is 1. The fraction of sp³-hybridized carbons (Fsp3) is 0.462. The first-order chi connectivity index (χ1) is 14.1. The molecule has 0 radical (unpaired) electrons. The molecule has 0 bridgehead atoms. The molecule has 0 saturated heterocycles. The van der Waals surface area contributed by atoms with Gasteiger partial charge in [-0.2, -0.15) is 0 Å². The largest absolute Gasteiger partial charge is 0.311 e. The second-order valence-corrected chi connectivity index (χ2v) is 5.43. The van der Waals surface area contributed by atoms with Crippen molar-refractivity contribution in [1.29, 1.82) is 0 Å². The van der Waals surface area contributed by atoms with Gasteiger partial charge in [-0.1, -0.05) is 90.6 Å². The number of unbranched alkanes of at least 4 members (excludes halogenated alkanes) is 1. The van der Waals surface area contributed by atoms with Crippen molar-refractivity contribution in [2.24, 2.45) is 4.99 Å². The highest BCUT2D eigenvalue weighted by Crippen LogP contribution is 2.08. The van der Waals surface area contributed by atoms with Crippen molar-refractivity contribution < 1.29 is 4.79 Å². The summed E-state index contributed by atoms with van der Waals surface area (Å²) < 4.78 is 0. The number of hydrogen-bond donors (Lipinski definition) is 1. The summed E-state index contributed by atoms with van der Waals surface area (Å²) in [4.78, 5) is 16.4. The Morgan fingerprint density at radius 3 is 2.03 bits per heavy atom. The van der Waals surface area contributed by atoms with E-state index in [4.69, 9.17) is 0 Å². The van der Waals surface area contributed by atoms with Gasteiger partial charge < -0.3 is 5.32 Å². The van der Waals surface area contributed by atoms with Gasteiger partial charge in [-0.15, -0.1) is 0 Å². The van der Waals surface area contributed by atoms with E-state index in [1.165, 1.54) is 5.57 Å². The molecular weight excluding hydrogens is 356 g/mol. The van der Waals surface area contributed by atoms with Crippen LogP contribution in [-0.4, -0.2) is 18.3 Å². The third kappa shape index (κ3) is 17.4. The Balaban J connectivity index is -0.00000103. The van der Waals surface area contributed by atoms with Crippen molar-refractivity contribution >= 4 is 11.7 Å². The van der Waals surface area contributed by atoms with Gasteiger partial charge in [-0.3, -0.25) is 9.79 Å². The standard InChI is InChI=1S/C20H26N2O.3C2H6/c1-5-9-18(6-2)10-7-8-15-21-17(4)22-20(23)19-13-11-16(3)12-14-19;3*1-2/h5-6,9,11-14H,1-2,7-8,10,15H2,3-4H3,(H,21,22,23);3*1-2H3/b18-9+;;;. The molecule has 1 aromatic rings. The monoisotopic (exact) mass is 400 g/mol. The highest BCUT2D eigenvalue weighted by Gasteiger charge is 2.05. The SMILES string of the molecule is C=C/C=C(\C=C)CCCCN=C(C)NC(=O)c1ccc(C)cc1.CC.CC.CC. The molecule has 1 aromatic carbocycles. The van der Waals surface area contributed by atoms with Crippen LogP contribution in [0.5, 0.6) is 0 Å². The number of carbonyl (C=O) groups is 1. The number of hydrogen-bond acceptors (Lipinski definition) is 2. The fourth-order valence-electron chi connectivity index (χ4n) is 2.07. The predicted molar refractivity (Wildman–Crippen MR) is 133 cm³/mol. The van der Waals surface area contributed by atoms with E-state index < -0.39 is 0 Å². The lowest BCUT2D eigenvalue weighted by Crippen LogP contribution is -2.28. The maximum atomic E-state index is 12.0. The number of aliphatic imine (C=N–C) groups is 1. The highest BCUT2D eigenvalue weighted by molar-refractivity contribution is 6.05. The smallest absolute Gasteiger partial charge is 0.256 e. The Morgan fingerprint density at radius 2 is 1.55 bits per heavy atom. The van der Waals surface area contributed by atoms with Gasteiger partial charge >= 0.3 is 0 Å². The second-order valence-electron chi connectivity index (χ2n) is 5.43. The average Bonchev–Trinajstić information content (AvgIpc) is 2.77. The lowest BCUT2D eigenvalue weighted by atomic mass is 10.1. The molecule has 1 N–H and O–H groups in total. The maximum Gasteiger partial charge on any atom is 0.256 e. The van der Waals surface area contributed by atoms with E-state index in [9.17, 15) is 4.79 Å². The normalized spacial score (nSPS) is 10.1. The van der Waals surface area contributed by atoms with Gasteiger partial charge in [-0.25, -0.2) is 0 Å². The van der Waals surface area contributed by atoms with Crippen LogP contribution in [-0.2, 0) is 0 Å². The summed E-state index contributed by atoms with van der Waals surface area (Å²) in [5.41, 5.74) is 2.97. The molecule has 1 rings (SSSR count). The van der Waals surface area contributed by atoms with Gasteiger partial charge in [0, 0.05) is 12.1 Å². The lowest BCUT2D eigenvalue weighted by Gasteiger charge is -2.05. The molecule has 3 heteroatoms. The van der Waals surface area contributed by atoms with Gasteiger partial charge in [0.05, 0.1) is 5.84 Å². The van der Waals surface area contributed by atoms with Crippen molar-refractivity contribution in [3.8, 4) is 0 Å². The van der Waals surface area contributed by atoms with Crippen LogP contribution in [0.15, 0.2) is 66.2 Å². The summed E-state index contributed by atoms with van der Waals surface area (Å²) in [5.74, 6) is 0.537. The second kappa shape index (κ2) is 23.6. The molecule has 0 aliphatic rings. The molecule has 0 fully saturated rings. The molecule has 0 heterocycles. The first-order valence-electron chi connectivity index (χ1n) is 10.9. The van der Waals surface area contributed by atoms with Crippen LogP contribution in [0.2, 0.25) is 0 Å². The van der Waals surface area contributed by atoms with Gasteiger partial charge in [0.25, 0.3) is 5.91 Å². The number of aryl methyl sites for hydroxylation is 1. The van der Waals surface area contributed by atoms with Crippen LogP contribution < -0.4 is 5.32 Å². The van der Waals surface area contributed by atoms with Crippen LogP contribution >= 0.6 is 0 Å². The number of rotatable bonds is 8. The molecule has 0 aromatic heterocycles. The molecule has 0 atom stereocenters. The molecular formula is C26H44N2O. The van der Waals surface area contributed by atoms with Crippen LogP contribution in [0.3, 0.4) is 0 Å². The molecule has 0 saturated carbocycles. The zero-order valence-corrected chi connectivity index (χ0v) is 20.1. The zero-order chi connectivity index (χ0) is 23.1. The summed E-state index contributed by atoms with van der Waals surface area (Å²) in [6.45, 7) is 24.0. The minimum absolute atomic E-state index is 0.117. The Morgan fingerprint density at radius 1 is 1.00 bits per heavy atom. The molecule has 0 aliphatic heterocycles. The van der Waals surface area contributed by atoms with Crippen molar-refractivity contribution in [3.05, 3.63) is 72.4 Å². The molecule has 0 aliphatic carbocycles. The van der Waals surface area contributed by atoms with E-state index in [2.05, 4.69) is 23.5 Å². The summed E-state index contributed by atoms with van der Waals surface area (Å²) >= 11 is 0. The van der Waals surface area contributed by atoms with Gasteiger partial charge in [0.2, 0.25) is 0 Å². The van der Waals surface area contributed by atoms with Gasteiger partial charge in [0.1, 0.15) is 0 Å². The Labute approximate surface area is 180 Å². The molecule has 3 nitrogen and oxygen atoms in total. The first-order valence-corrected chi connectivity index (χ1v) is 10.9. The minimum atomic E-state index is -0.117. The molecule has 29 heavy (non-hydrogen) atoms. The Bertz CT molecular complexity index is 596. The average molecular weight is 401 g/mol. The van der Waals surface area contributed by atoms with Crippen molar-refractivity contribution in [2.75, 3.05) is 6.54 Å². The van der Waals surface area contributed by atoms with Crippen LogP contribution in [0, 0.1) is 6.92 Å². The zero-order valence-electron chi connectivity index (χ0n) is 20.1. The summed E-state index contributed by atoms with van der Waals surface area (Å²) in [5, 5.41) is 2.82. The third-order valence-electron chi connectivity index (χ3n) is 3.42. The molecule has 0 unspecified atom stereocenters. The van der Waals surface area contributed by atoms with Gasteiger partial charge in [0.15, 0.2) is 0 Å². The van der Waals surface area contributed by atoms with E-state index >= 15 is 0 Å². The first kappa shape index (κ1) is 31.3. The quantitative estimate of drug-likeness (QED) is 0.207. The van der Waals surface area contributed by atoms with Crippen molar-refractivity contribution in [2.45, 2.75) is 74.7 Å². The van der Waals surface area contributed by atoms with E-state index in [0.717, 1.165) is 24.8 Å². The third-order valence-corrected chi connectivity index (χ3v) is 3.42. The van der Waals surface area contributed by atoms with E-state index in [-0.39, 0.29) is 5.91 Å². The number of benzene rings is 1. The number of nitrogens with one attached hydrogen (secondary N) is 1.